The maximum absolute atomic E-state index is 9.36. The van der Waals surface area contributed by atoms with Crippen LogP contribution in [0.4, 0.5) is 5.69 Å². The summed E-state index contributed by atoms with van der Waals surface area (Å²) in [5, 5.41) is 9.36. The molecule has 0 amide bonds. The molecule has 0 bridgehead atoms. The van der Waals surface area contributed by atoms with Gasteiger partial charge < -0.3 is 16.6 Å². The van der Waals surface area contributed by atoms with Crippen molar-refractivity contribution in [1.29, 1.82) is 0 Å². The number of rotatable bonds is 1. The van der Waals surface area contributed by atoms with Gasteiger partial charge in [-0.3, -0.25) is 0 Å². The van der Waals surface area contributed by atoms with Crippen molar-refractivity contribution in [2.45, 2.75) is 13.0 Å². The van der Waals surface area contributed by atoms with Gasteiger partial charge in [-0.1, -0.05) is 12.1 Å². The van der Waals surface area contributed by atoms with Gasteiger partial charge in [0.05, 0.1) is 5.69 Å². The standard InChI is InChI=1S/C8H12N2O/c1-5(9)6-3-2-4-7(10)8(6)11/h2-5,11H,9-10H2,1H3/t5-/m0/s1. The number of anilines is 1. The Bertz CT molecular complexity index is 258. The van der Waals surface area contributed by atoms with Crippen LogP contribution in [0.25, 0.3) is 0 Å². The quantitative estimate of drug-likeness (QED) is 0.415. The lowest BCUT2D eigenvalue weighted by Gasteiger charge is -2.08. The SMILES string of the molecule is C[C@H](N)c1cccc(N)c1O. The van der Waals surface area contributed by atoms with Gasteiger partial charge in [0.15, 0.2) is 0 Å². The van der Waals surface area contributed by atoms with E-state index in [0.29, 0.717) is 11.3 Å². The molecule has 3 nitrogen and oxygen atoms in total. The fraction of sp³-hybridized carbons (Fsp3) is 0.250. The Morgan fingerprint density at radius 2 is 2.09 bits per heavy atom. The number of benzene rings is 1. The van der Waals surface area contributed by atoms with E-state index in [1.54, 1.807) is 25.1 Å². The van der Waals surface area contributed by atoms with Crippen LogP contribution in [-0.2, 0) is 0 Å². The summed E-state index contributed by atoms with van der Waals surface area (Å²) in [5.41, 5.74) is 12.1. The first-order valence-electron chi connectivity index (χ1n) is 3.46. The van der Waals surface area contributed by atoms with Crippen molar-refractivity contribution in [3.05, 3.63) is 23.8 Å². The predicted octanol–water partition coefficient (Wildman–Crippen LogP) is 0.994. The molecule has 0 aliphatic carbocycles. The number of phenols is 1. The molecule has 0 spiro atoms. The third kappa shape index (κ3) is 1.43. The first kappa shape index (κ1) is 7.88. The van der Waals surface area contributed by atoms with Gasteiger partial charge in [-0.25, -0.2) is 0 Å². The van der Waals surface area contributed by atoms with Crippen LogP contribution in [0.15, 0.2) is 18.2 Å². The maximum atomic E-state index is 9.36. The van der Waals surface area contributed by atoms with Gasteiger partial charge in [0.1, 0.15) is 5.75 Å². The molecule has 1 atom stereocenters. The summed E-state index contributed by atoms with van der Waals surface area (Å²) in [5.74, 6) is 0.0995. The van der Waals surface area contributed by atoms with Crippen LogP contribution in [0, 0.1) is 0 Å². The molecule has 0 saturated heterocycles. The van der Waals surface area contributed by atoms with Crippen molar-refractivity contribution >= 4 is 5.69 Å². The number of hydrogen-bond donors (Lipinski definition) is 3. The van der Waals surface area contributed by atoms with Gasteiger partial charge in [-0.2, -0.15) is 0 Å². The number of nitrogens with two attached hydrogens (primary N) is 2. The fourth-order valence-electron chi connectivity index (χ4n) is 0.947. The van der Waals surface area contributed by atoms with E-state index in [1.807, 2.05) is 0 Å². The van der Waals surface area contributed by atoms with Crippen LogP contribution in [0.3, 0.4) is 0 Å². The minimum atomic E-state index is -0.182. The van der Waals surface area contributed by atoms with Gasteiger partial charge in [-0.05, 0) is 13.0 Å². The van der Waals surface area contributed by atoms with E-state index in [4.69, 9.17) is 11.5 Å². The lowest BCUT2D eigenvalue weighted by molar-refractivity contribution is 0.466. The largest absolute Gasteiger partial charge is 0.505 e. The van der Waals surface area contributed by atoms with Gasteiger partial charge in [0.25, 0.3) is 0 Å². The van der Waals surface area contributed by atoms with Crippen molar-refractivity contribution in [2.24, 2.45) is 5.73 Å². The van der Waals surface area contributed by atoms with Crippen molar-refractivity contribution in [3.63, 3.8) is 0 Å². The molecule has 5 N–H and O–H groups in total. The van der Waals surface area contributed by atoms with Crippen LogP contribution >= 0.6 is 0 Å². The minimum absolute atomic E-state index is 0.0995. The Morgan fingerprint density at radius 1 is 1.45 bits per heavy atom. The molecule has 0 aliphatic rings. The third-order valence-corrected chi connectivity index (χ3v) is 1.59. The maximum Gasteiger partial charge on any atom is 0.143 e. The lowest BCUT2D eigenvalue weighted by Crippen LogP contribution is -2.05. The van der Waals surface area contributed by atoms with E-state index < -0.39 is 0 Å². The molecule has 1 aromatic carbocycles. The van der Waals surface area contributed by atoms with Gasteiger partial charge in [0, 0.05) is 11.6 Å². The molecule has 0 radical (unpaired) electrons. The first-order chi connectivity index (χ1) is 5.13. The summed E-state index contributed by atoms with van der Waals surface area (Å²) in [6.07, 6.45) is 0. The van der Waals surface area contributed by atoms with E-state index in [9.17, 15) is 5.11 Å². The third-order valence-electron chi connectivity index (χ3n) is 1.59. The predicted molar refractivity (Wildman–Crippen MR) is 45.1 cm³/mol. The van der Waals surface area contributed by atoms with Gasteiger partial charge in [0.2, 0.25) is 0 Å². The van der Waals surface area contributed by atoms with Gasteiger partial charge >= 0.3 is 0 Å². The zero-order valence-corrected chi connectivity index (χ0v) is 6.41. The molecule has 3 heteroatoms. The minimum Gasteiger partial charge on any atom is -0.505 e. The Kier molecular flexibility index (Phi) is 2.01. The van der Waals surface area contributed by atoms with Crippen molar-refractivity contribution < 1.29 is 5.11 Å². The number of aromatic hydroxyl groups is 1. The second-order valence-corrected chi connectivity index (χ2v) is 2.57. The summed E-state index contributed by atoms with van der Waals surface area (Å²) in [6.45, 7) is 1.80. The molecule has 0 aromatic heterocycles. The summed E-state index contributed by atoms with van der Waals surface area (Å²) in [4.78, 5) is 0. The van der Waals surface area contributed by atoms with Crippen molar-refractivity contribution in [2.75, 3.05) is 5.73 Å². The number of phenolic OH excluding ortho intramolecular Hbond substituents is 1. The molecule has 60 valence electrons. The van der Waals surface area contributed by atoms with Crippen molar-refractivity contribution in [3.8, 4) is 5.75 Å². The van der Waals surface area contributed by atoms with Crippen LogP contribution < -0.4 is 11.5 Å². The Balaban J connectivity index is 3.17. The Morgan fingerprint density at radius 3 is 2.55 bits per heavy atom. The summed E-state index contributed by atoms with van der Waals surface area (Å²) >= 11 is 0. The average Bonchev–Trinajstić information content (AvgIpc) is 1.94. The lowest BCUT2D eigenvalue weighted by atomic mass is 10.1. The molecule has 0 aliphatic heterocycles. The smallest absolute Gasteiger partial charge is 0.143 e. The topological polar surface area (TPSA) is 72.3 Å². The highest BCUT2D eigenvalue weighted by Crippen LogP contribution is 2.27. The van der Waals surface area contributed by atoms with Crippen LogP contribution in [0.1, 0.15) is 18.5 Å². The van der Waals surface area contributed by atoms with E-state index in [2.05, 4.69) is 0 Å². The molecular formula is C8H12N2O. The molecule has 0 fully saturated rings. The van der Waals surface area contributed by atoms with Crippen LogP contribution in [-0.4, -0.2) is 5.11 Å². The van der Waals surface area contributed by atoms with E-state index >= 15 is 0 Å². The molecule has 1 aromatic rings. The second kappa shape index (κ2) is 2.80. The van der Waals surface area contributed by atoms with E-state index in [1.165, 1.54) is 0 Å². The highest BCUT2D eigenvalue weighted by atomic mass is 16.3. The summed E-state index contributed by atoms with van der Waals surface area (Å²) in [7, 11) is 0. The average molecular weight is 152 g/mol. The number of para-hydroxylation sites is 1. The highest BCUT2D eigenvalue weighted by molar-refractivity contribution is 5.56. The number of hydrogen-bond acceptors (Lipinski definition) is 3. The second-order valence-electron chi connectivity index (χ2n) is 2.57. The molecule has 0 saturated carbocycles. The molecular weight excluding hydrogens is 140 g/mol. The van der Waals surface area contributed by atoms with Crippen LogP contribution in [0.2, 0.25) is 0 Å². The van der Waals surface area contributed by atoms with Crippen LogP contribution in [0.5, 0.6) is 5.75 Å². The highest BCUT2D eigenvalue weighted by Gasteiger charge is 2.06. The first-order valence-corrected chi connectivity index (χ1v) is 3.46. The monoisotopic (exact) mass is 152 g/mol. The Labute approximate surface area is 65.6 Å². The molecule has 0 unspecified atom stereocenters. The van der Waals surface area contributed by atoms with E-state index in [0.717, 1.165) is 0 Å². The Hall–Kier alpha value is -1.22. The summed E-state index contributed by atoms with van der Waals surface area (Å²) < 4.78 is 0. The zero-order valence-electron chi connectivity index (χ0n) is 6.41. The molecule has 11 heavy (non-hydrogen) atoms. The van der Waals surface area contributed by atoms with Crippen molar-refractivity contribution in [1.82, 2.24) is 0 Å². The van der Waals surface area contributed by atoms with Gasteiger partial charge in [-0.15, -0.1) is 0 Å². The fourth-order valence-corrected chi connectivity index (χ4v) is 0.947. The zero-order chi connectivity index (χ0) is 8.43. The number of nitrogen functional groups attached to an aromatic ring is 1. The molecule has 1 rings (SSSR count). The summed E-state index contributed by atoms with van der Waals surface area (Å²) in [6, 6.07) is 4.99. The normalized spacial score (nSPS) is 12.9. The molecule has 0 heterocycles. The van der Waals surface area contributed by atoms with E-state index in [-0.39, 0.29) is 11.8 Å².